The second-order valence-electron chi connectivity index (χ2n) is 5.96. The lowest BCUT2D eigenvalue weighted by molar-refractivity contribution is -0.385. The van der Waals surface area contributed by atoms with Gasteiger partial charge in [0.15, 0.2) is 0 Å². The minimum Gasteiger partial charge on any atom is -0.331 e. The molecule has 0 saturated carbocycles. The van der Waals surface area contributed by atoms with Crippen molar-refractivity contribution >= 4 is 34.4 Å². The Hall–Kier alpha value is -3.72. The summed E-state index contributed by atoms with van der Waals surface area (Å²) in [6.45, 7) is 1.79. The number of benzene rings is 1. The maximum Gasteiger partial charge on any atom is 0.376 e. The van der Waals surface area contributed by atoms with Gasteiger partial charge < -0.3 is 5.32 Å². The number of nitrogens with zero attached hydrogens (tertiary/aromatic N) is 5. The normalized spacial score (nSPS) is 10.9. The van der Waals surface area contributed by atoms with E-state index in [1.165, 1.54) is 12.4 Å². The molecule has 1 N–H and O–H groups in total. The molecule has 9 nitrogen and oxygen atoms in total. The fraction of sp³-hybridized carbons (Fsp3) is 0.0556. The summed E-state index contributed by atoms with van der Waals surface area (Å²) in [6, 6.07) is 12.0. The first-order chi connectivity index (χ1) is 13.5. The Morgan fingerprint density at radius 1 is 1.21 bits per heavy atom. The van der Waals surface area contributed by atoms with Crippen molar-refractivity contribution in [3.8, 4) is 5.69 Å². The number of fused-ring (bicyclic) bond motifs is 1. The van der Waals surface area contributed by atoms with Crippen LogP contribution in [0.25, 0.3) is 11.3 Å². The molecule has 0 amide bonds. The molecule has 4 aromatic rings. The van der Waals surface area contributed by atoms with Gasteiger partial charge in [0.1, 0.15) is 5.65 Å². The van der Waals surface area contributed by atoms with E-state index >= 15 is 0 Å². The summed E-state index contributed by atoms with van der Waals surface area (Å²) in [5.74, 6) is -0.144. The van der Waals surface area contributed by atoms with E-state index in [9.17, 15) is 14.9 Å². The monoisotopic (exact) mass is 396 g/mol. The molecule has 3 aromatic heterocycles. The zero-order chi connectivity index (χ0) is 19.8. The van der Waals surface area contributed by atoms with Gasteiger partial charge in [0.05, 0.1) is 28.2 Å². The van der Waals surface area contributed by atoms with Crippen molar-refractivity contribution in [2.24, 2.45) is 0 Å². The Bertz CT molecular complexity index is 1280. The van der Waals surface area contributed by atoms with Crippen LogP contribution in [0.2, 0.25) is 5.02 Å². The molecule has 0 aliphatic carbocycles. The lowest BCUT2D eigenvalue weighted by atomic mass is 10.3. The van der Waals surface area contributed by atoms with Crippen LogP contribution in [0.5, 0.6) is 0 Å². The largest absolute Gasteiger partial charge is 0.376 e. The van der Waals surface area contributed by atoms with Crippen molar-refractivity contribution in [2.75, 3.05) is 5.32 Å². The fourth-order valence-electron chi connectivity index (χ4n) is 2.86. The average molecular weight is 397 g/mol. The number of halogens is 1. The van der Waals surface area contributed by atoms with Gasteiger partial charge in [-0.05, 0) is 37.3 Å². The summed E-state index contributed by atoms with van der Waals surface area (Å²) in [5.41, 5.74) is 0.776. The number of pyridine rings is 1. The van der Waals surface area contributed by atoms with Crippen LogP contribution in [0.3, 0.4) is 0 Å². The molecule has 0 unspecified atom stereocenters. The van der Waals surface area contributed by atoms with E-state index in [1.807, 2.05) is 6.07 Å². The van der Waals surface area contributed by atoms with Crippen molar-refractivity contribution in [3.05, 3.63) is 86.0 Å². The lowest BCUT2D eigenvalue weighted by Gasteiger charge is -2.09. The molecule has 0 aliphatic rings. The van der Waals surface area contributed by atoms with Gasteiger partial charge in [-0.15, -0.1) is 0 Å². The Morgan fingerprint density at radius 3 is 2.79 bits per heavy atom. The predicted octanol–water partition coefficient (Wildman–Crippen LogP) is 3.49. The number of anilines is 2. The molecule has 140 valence electrons. The number of hydrogen-bond donors (Lipinski definition) is 1. The van der Waals surface area contributed by atoms with Gasteiger partial charge in [-0.25, -0.2) is 9.67 Å². The molecule has 0 aliphatic heterocycles. The van der Waals surface area contributed by atoms with Crippen LogP contribution in [0.1, 0.15) is 5.69 Å². The number of aromatic nitrogens is 4. The average Bonchev–Trinajstić information content (AvgIpc) is 3.02. The molecule has 0 atom stereocenters. The quantitative estimate of drug-likeness (QED) is 0.418. The number of nitrogens with one attached hydrogen (secondary N) is 1. The summed E-state index contributed by atoms with van der Waals surface area (Å²) < 4.78 is 2.76. The fourth-order valence-corrected chi connectivity index (χ4v) is 3.04. The standard InChI is InChI=1S/C18H13ClN6O3/c1-11-14(10-20-24(11)13-6-4-5-12(19)9-13)21-17-16(25(27)28)18(26)23-8-3-2-7-15(23)22-17/h2-10,21H,1H3. The van der Waals surface area contributed by atoms with E-state index in [2.05, 4.69) is 15.4 Å². The second kappa shape index (κ2) is 6.78. The van der Waals surface area contributed by atoms with E-state index in [-0.39, 0.29) is 5.82 Å². The van der Waals surface area contributed by atoms with Crippen LogP contribution in [0.15, 0.2) is 59.7 Å². The molecule has 0 spiro atoms. The summed E-state index contributed by atoms with van der Waals surface area (Å²) in [6.07, 6.45) is 2.94. The highest BCUT2D eigenvalue weighted by Crippen LogP contribution is 2.26. The van der Waals surface area contributed by atoms with E-state index in [1.54, 1.807) is 48.0 Å². The molecule has 0 fully saturated rings. The smallest absolute Gasteiger partial charge is 0.331 e. The van der Waals surface area contributed by atoms with Crippen LogP contribution in [-0.2, 0) is 0 Å². The summed E-state index contributed by atoms with van der Waals surface area (Å²) >= 11 is 6.03. The predicted molar refractivity (Wildman–Crippen MR) is 105 cm³/mol. The number of nitro groups is 1. The zero-order valence-corrected chi connectivity index (χ0v) is 15.3. The Morgan fingerprint density at radius 2 is 2.04 bits per heavy atom. The van der Waals surface area contributed by atoms with Crippen LogP contribution in [0.4, 0.5) is 17.2 Å². The maximum absolute atomic E-state index is 12.5. The molecule has 0 saturated heterocycles. The Labute approximate surface area is 163 Å². The topological polar surface area (TPSA) is 107 Å². The highest BCUT2D eigenvalue weighted by molar-refractivity contribution is 6.30. The third kappa shape index (κ3) is 2.97. The summed E-state index contributed by atoms with van der Waals surface area (Å²) in [7, 11) is 0. The molecular formula is C18H13ClN6O3. The molecule has 3 heterocycles. The highest BCUT2D eigenvalue weighted by atomic mass is 35.5. The molecule has 4 rings (SSSR count). The van der Waals surface area contributed by atoms with Crippen LogP contribution in [-0.4, -0.2) is 24.1 Å². The maximum atomic E-state index is 12.5. The van der Waals surface area contributed by atoms with Gasteiger partial charge in [0.2, 0.25) is 5.82 Å². The second-order valence-corrected chi connectivity index (χ2v) is 6.40. The van der Waals surface area contributed by atoms with Gasteiger partial charge >= 0.3 is 11.2 Å². The van der Waals surface area contributed by atoms with Crippen LogP contribution >= 0.6 is 11.6 Å². The molecule has 10 heteroatoms. The van der Waals surface area contributed by atoms with Crippen molar-refractivity contribution in [1.82, 2.24) is 19.2 Å². The van der Waals surface area contributed by atoms with Gasteiger partial charge in [-0.3, -0.25) is 19.3 Å². The molecule has 0 bridgehead atoms. The Kier molecular flexibility index (Phi) is 4.28. The van der Waals surface area contributed by atoms with Crippen LogP contribution in [0, 0.1) is 17.0 Å². The van der Waals surface area contributed by atoms with Crippen molar-refractivity contribution in [1.29, 1.82) is 0 Å². The molecule has 28 heavy (non-hydrogen) atoms. The van der Waals surface area contributed by atoms with E-state index in [4.69, 9.17) is 11.6 Å². The number of hydrogen-bond acceptors (Lipinski definition) is 6. The van der Waals surface area contributed by atoms with Crippen molar-refractivity contribution < 1.29 is 4.92 Å². The first-order valence-corrected chi connectivity index (χ1v) is 8.57. The van der Waals surface area contributed by atoms with Crippen LogP contribution < -0.4 is 10.9 Å². The summed E-state index contributed by atoms with van der Waals surface area (Å²) in [4.78, 5) is 27.5. The molecule has 1 aromatic carbocycles. The van der Waals surface area contributed by atoms with E-state index in [0.717, 1.165) is 10.1 Å². The first-order valence-electron chi connectivity index (χ1n) is 8.19. The number of rotatable bonds is 4. The minimum atomic E-state index is -0.766. The molecule has 0 radical (unpaired) electrons. The Balaban J connectivity index is 1.82. The van der Waals surface area contributed by atoms with E-state index < -0.39 is 16.2 Å². The third-order valence-electron chi connectivity index (χ3n) is 4.21. The first kappa shape index (κ1) is 17.7. The minimum absolute atomic E-state index is 0.144. The lowest BCUT2D eigenvalue weighted by Crippen LogP contribution is -2.20. The zero-order valence-electron chi connectivity index (χ0n) is 14.5. The SMILES string of the molecule is Cc1c(Nc2nc3ccccn3c(=O)c2[N+](=O)[O-])cnn1-c1cccc(Cl)c1. The van der Waals surface area contributed by atoms with Gasteiger partial charge in [0, 0.05) is 11.2 Å². The van der Waals surface area contributed by atoms with Crippen molar-refractivity contribution in [3.63, 3.8) is 0 Å². The summed E-state index contributed by atoms with van der Waals surface area (Å²) in [5, 5.41) is 19.2. The third-order valence-corrected chi connectivity index (χ3v) is 4.44. The van der Waals surface area contributed by atoms with Gasteiger partial charge in [0.25, 0.3) is 0 Å². The van der Waals surface area contributed by atoms with Crippen molar-refractivity contribution in [2.45, 2.75) is 6.92 Å². The van der Waals surface area contributed by atoms with Gasteiger partial charge in [-0.2, -0.15) is 5.10 Å². The molecular weight excluding hydrogens is 384 g/mol. The highest BCUT2D eigenvalue weighted by Gasteiger charge is 2.24. The van der Waals surface area contributed by atoms with Gasteiger partial charge in [-0.1, -0.05) is 23.7 Å². The van der Waals surface area contributed by atoms with E-state index in [0.29, 0.717) is 22.1 Å².